The number of para-hydroxylation sites is 1. The van der Waals surface area contributed by atoms with Gasteiger partial charge in [0.1, 0.15) is 11.8 Å². The monoisotopic (exact) mass is 516 g/mol. The number of imide groups is 1. The largest absolute Gasteiger partial charge is 0.508 e. The molecule has 1 aromatic carbocycles. The number of carbonyl (C=O) groups excluding carboxylic acids is 2. The van der Waals surface area contributed by atoms with Gasteiger partial charge in [-0.2, -0.15) is 0 Å². The molecule has 8 unspecified atom stereocenters. The Morgan fingerprint density at radius 3 is 2.50 bits per heavy atom. The van der Waals surface area contributed by atoms with Crippen molar-refractivity contribution in [2.75, 3.05) is 0 Å². The number of amides is 2. The lowest BCUT2D eigenvalue weighted by Gasteiger charge is -2.43. The van der Waals surface area contributed by atoms with Crippen molar-refractivity contribution in [2.45, 2.75) is 42.5 Å². The van der Waals surface area contributed by atoms with Crippen molar-refractivity contribution in [1.82, 2.24) is 9.88 Å². The number of phenols is 1. The normalized spacial score (nSPS) is 34.3. The van der Waals surface area contributed by atoms with Gasteiger partial charge in [0.15, 0.2) is 3.95 Å². The summed E-state index contributed by atoms with van der Waals surface area (Å²) in [6.45, 7) is 3.46. The number of aromatic nitrogens is 1. The second-order valence-corrected chi connectivity index (χ2v) is 13.0. The Morgan fingerprint density at radius 2 is 1.85 bits per heavy atom. The Hall–Kier alpha value is -2.17. The molecule has 178 valence electrons. The van der Waals surface area contributed by atoms with E-state index in [1.54, 1.807) is 37.7 Å². The summed E-state index contributed by atoms with van der Waals surface area (Å²) in [5, 5.41) is 21.6. The first-order valence-electron chi connectivity index (χ1n) is 11.5. The van der Waals surface area contributed by atoms with E-state index in [0.29, 0.717) is 3.95 Å². The second kappa shape index (κ2) is 7.66. The van der Waals surface area contributed by atoms with Crippen LogP contribution in [0.2, 0.25) is 0 Å². The van der Waals surface area contributed by atoms with Gasteiger partial charge in [-0.15, -0.1) is 23.1 Å². The van der Waals surface area contributed by atoms with Crippen molar-refractivity contribution < 1.29 is 24.6 Å². The molecule has 2 aliphatic carbocycles. The number of hydrogen-bond acceptors (Lipinski definition) is 7. The van der Waals surface area contributed by atoms with Crippen LogP contribution < -0.4 is 0 Å². The van der Waals surface area contributed by atoms with Crippen LogP contribution in [0, 0.1) is 39.5 Å². The maximum atomic E-state index is 13.6. The van der Waals surface area contributed by atoms with E-state index in [0.717, 1.165) is 26.8 Å². The highest BCUT2D eigenvalue weighted by Crippen LogP contribution is 2.69. The molecule has 2 bridgehead atoms. The lowest BCUT2D eigenvalue weighted by Crippen LogP contribution is -2.49. The number of carboxylic acid groups (broad SMARTS) is 1. The first-order valence-corrected chi connectivity index (χ1v) is 13.6. The van der Waals surface area contributed by atoms with E-state index in [-0.39, 0.29) is 52.4 Å². The minimum absolute atomic E-state index is 0.0172. The van der Waals surface area contributed by atoms with Crippen LogP contribution in [0.3, 0.4) is 0 Å². The predicted octanol–water partition coefficient (Wildman–Crippen LogP) is 4.09. The number of aromatic hydroxyl groups is 1. The fourth-order valence-corrected chi connectivity index (χ4v) is 10.4. The van der Waals surface area contributed by atoms with Crippen LogP contribution in [0.15, 0.2) is 29.3 Å². The summed E-state index contributed by atoms with van der Waals surface area (Å²) < 4.78 is 0.671. The zero-order valence-electron chi connectivity index (χ0n) is 18.5. The standard InChI is InChI=1S/C24H24N2O5S3/c1-8(2)17(23(30)31)26-21(28)15-10-7-11(16(15)22(26)29)18-14(10)13(9-5-3-4-6-12(9)27)19-20(33-18)25-24(32)34-19/h3-6,8,10-11,13-18,27H,7H2,1-2H3,(H,25,32)(H,30,31). The highest BCUT2D eigenvalue weighted by Gasteiger charge is 2.70. The van der Waals surface area contributed by atoms with E-state index in [4.69, 9.17) is 12.2 Å². The van der Waals surface area contributed by atoms with Gasteiger partial charge in [-0.05, 0) is 48.4 Å². The Kier molecular flexibility index (Phi) is 5.03. The van der Waals surface area contributed by atoms with E-state index in [1.807, 2.05) is 12.1 Å². The first kappa shape index (κ1) is 22.3. The molecule has 1 aromatic heterocycles. The van der Waals surface area contributed by atoms with Gasteiger partial charge >= 0.3 is 5.97 Å². The van der Waals surface area contributed by atoms with E-state index in [9.17, 15) is 24.6 Å². The van der Waals surface area contributed by atoms with Crippen LogP contribution in [-0.2, 0) is 14.4 Å². The van der Waals surface area contributed by atoms with Gasteiger partial charge in [0.2, 0.25) is 11.8 Å². The van der Waals surface area contributed by atoms with E-state index >= 15 is 0 Å². The number of hydrogen-bond donors (Lipinski definition) is 3. The highest BCUT2D eigenvalue weighted by atomic mass is 32.2. The molecule has 0 radical (unpaired) electrons. The van der Waals surface area contributed by atoms with Crippen LogP contribution in [0.4, 0.5) is 0 Å². The number of nitrogens with zero attached hydrogens (tertiary/aromatic N) is 1. The molecule has 1 saturated heterocycles. The summed E-state index contributed by atoms with van der Waals surface area (Å²) in [5.41, 5.74) is 0.813. The number of phenolic OH excluding ortho intramolecular Hbond substituents is 1. The van der Waals surface area contributed by atoms with Gasteiger partial charge in [0.25, 0.3) is 0 Å². The molecule has 4 aliphatic rings. The zero-order valence-corrected chi connectivity index (χ0v) is 21.0. The number of likely N-dealkylation sites (tertiary alicyclic amines) is 1. The quantitative estimate of drug-likeness (QED) is 0.415. The summed E-state index contributed by atoms with van der Waals surface area (Å²) in [6.07, 6.45) is 0.766. The molecule has 34 heavy (non-hydrogen) atoms. The zero-order chi connectivity index (χ0) is 24.0. The molecular formula is C24H24N2O5S3. The number of benzene rings is 1. The van der Waals surface area contributed by atoms with Crippen molar-refractivity contribution in [3.63, 3.8) is 0 Å². The maximum absolute atomic E-state index is 13.6. The van der Waals surface area contributed by atoms with Crippen molar-refractivity contribution in [3.8, 4) is 5.75 Å². The molecule has 8 atom stereocenters. The lowest BCUT2D eigenvalue weighted by atomic mass is 9.68. The van der Waals surface area contributed by atoms with Gasteiger partial charge in [-0.25, -0.2) is 4.79 Å². The number of nitrogens with one attached hydrogen (secondary N) is 1. The molecule has 6 rings (SSSR count). The van der Waals surface area contributed by atoms with Crippen molar-refractivity contribution in [3.05, 3.63) is 38.7 Å². The molecule has 10 heteroatoms. The summed E-state index contributed by atoms with van der Waals surface area (Å²) in [4.78, 5) is 44.6. The summed E-state index contributed by atoms with van der Waals surface area (Å²) in [6, 6.07) is 6.15. The molecule has 3 N–H and O–H groups in total. The third kappa shape index (κ3) is 2.88. The average molecular weight is 517 g/mol. The predicted molar refractivity (Wildman–Crippen MR) is 129 cm³/mol. The maximum Gasteiger partial charge on any atom is 0.327 e. The number of thioether (sulfide) groups is 1. The number of H-pyrrole nitrogens is 1. The second-order valence-electron chi connectivity index (χ2n) is 10.1. The third-order valence-corrected chi connectivity index (χ3v) is 11.1. The number of thiazole rings is 1. The molecular weight excluding hydrogens is 492 g/mol. The SMILES string of the molecule is CC(C)C(C(=O)O)N1C(=O)C2C3CC(C2C1=O)C1C(c2ccccc2O)c2sc(=S)[nH]c2SC31. The number of aromatic amines is 1. The van der Waals surface area contributed by atoms with Crippen molar-refractivity contribution in [1.29, 1.82) is 0 Å². The Labute approximate surface area is 209 Å². The molecule has 3 fully saturated rings. The van der Waals surface area contributed by atoms with Crippen LogP contribution in [0.25, 0.3) is 0 Å². The third-order valence-electron chi connectivity index (χ3n) is 8.19. The fraction of sp³-hybridized carbons (Fsp3) is 0.500. The van der Waals surface area contributed by atoms with E-state index in [2.05, 4.69) is 4.98 Å². The van der Waals surface area contributed by atoms with Gasteiger partial charge in [-0.1, -0.05) is 32.0 Å². The summed E-state index contributed by atoms with van der Waals surface area (Å²) in [7, 11) is 0. The van der Waals surface area contributed by atoms with Crippen LogP contribution >= 0.6 is 35.3 Å². The van der Waals surface area contributed by atoms with Crippen molar-refractivity contribution >= 4 is 53.1 Å². The number of carbonyl (C=O) groups is 3. The van der Waals surface area contributed by atoms with Gasteiger partial charge < -0.3 is 15.2 Å². The molecule has 2 aliphatic heterocycles. The Bertz CT molecular complexity index is 1290. The van der Waals surface area contributed by atoms with Gasteiger partial charge in [0, 0.05) is 21.6 Å². The lowest BCUT2D eigenvalue weighted by molar-refractivity contribution is -0.157. The molecule has 2 amide bonds. The first-order chi connectivity index (χ1) is 16.2. The fourth-order valence-electron chi connectivity index (χ4n) is 7.11. The minimum atomic E-state index is -1.15. The molecule has 3 heterocycles. The van der Waals surface area contributed by atoms with Crippen molar-refractivity contribution in [2.24, 2.45) is 35.5 Å². The van der Waals surface area contributed by atoms with Gasteiger partial charge in [-0.3, -0.25) is 14.5 Å². The Morgan fingerprint density at radius 1 is 1.18 bits per heavy atom. The molecule has 2 aromatic rings. The number of fused-ring (bicyclic) bond motifs is 9. The van der Waals surface area contributed by atoms with E-state index < -0.39 is 23.8 Å². The molecule has 2 saturated carbocycles. The summed E-state index contributed by atoms with van der Waals surface area (Å²) in [5.74, 6) is -3.09. The number of aliphatic carboxylic acids is 1. The number of carboxylic acids is 1. The average Bonchev–Trinajstić information content (AvgIpc) is 3.49. The van der Waals surface area contributed by atoms with Gasteiger partial charge in [0.05, 0.1) is 16.9 Å². The summed E-state index contributed by atoms with van der Waals surface area (Å²) >= 11 is 8.65. The highest BCUT2D eigenvalue weighted by molar-refractivity contribution is 8.00. The van der Waals surface area contributed by atoms with Crippen LogP contribution in [0.5, 0.6) is 5.75 Å². The Balaban J connectivity index is 1.46. The molecule has 7 nitrogen and oxygen atoms in total. The van der Waals surface area contributed by atoms with Crippen LogP contribution in [-0.4, -0.2) is 49.2 Å². The minimum Gasteiger partial charge on any atom is -0.508 e. The van der Waals surface area contributed by atoms with E-state index in [1.165, 1.54) is 11.3 Å². The smallest absolute Gasteiger partial charge is 0.327 e. The van der Waals surface area contributed by atoms with Crippen LogP contribution in [0.1, 0.15) is 36.6 Å². The molecule has 0 spiro atoms. The number of rotatable bonds is 4. The topological polar surface area (TPSA) is 111 Å².